The number of aromatic nitrogens is 1. The molecule has 1 fully saturated rings. The molecule has 1 unspecified atom stereocenters. The Labute approximate surface area is 121 Å². The second-order valence-electron chi connectivity index (χ2n) is 5.22. The van der Waals surface area contributed by atoms with Gasteiger partial charge in [0.2, 0.25) is 5.82 Å². The van der Waals surface area contributed by atoms with Gasteiger partial charge in [-0.1, -0.05) is 19.3 Å². The number of nitrogens with one attached hydrogen (secondary N) is 1. The van der Waals surface area contributed by atoms with Gasteiger partial charge in [0.1, 0.15) is 11.9 Å². The predicted octanol–water partition coefficient (Wildman–Crippen LogP) is 2.02. The maximum atomic E-state index is 11.4. The first-order valence-corrected chi connectivity index (χ1v) is 6.89. The topological polar surface area (TPSA) is 131 Å². The summed E-state index contributed by atoms with van der Waals surface area (Å²) in [4.78, 5) is 25.4. The number of carboxylic acid groups (broad SMARTS) is 1. The molecule has 114 valence electrons. The van der Waals surface area contributed by atoms with E-state index in [2.05, 4.69) is 10.3 Å². The van der Waals surface area contributed by atoms with E-state index in [0.29, 0.717) is 0 Å². The molecule has 0 bridgehead atoms. The minimum atomic E-state index is -0.944. The number of nitrogen functional groups attached to an aromatic ring is 1. The highest BCUT2D eigenvalue weighted by Gasteiger charge is 2.29. The molecule has 2 rings (SSSR count). The van der Waals surface area contributed by atoms with Crippen molar-refractivity contribution in [1.82, 2.24) is 4.98 Å². The molecule has 1 aromatic heterocycles. The fourth-order valence-corrected chi connectivity index (χ4v) is 2.71. The summed E-state index contributed by atoms with van der Waals surface area (Å²) in [6.07, 6.45) is 4.88. The first-order valence-electron chi connectivity index (χ1n) is 6.89. The number of nitro groups is 1. The molecule has 1 heterocycles. The van der Waals surface area contributed by atoms with Crippen LogP contribution in [0.25, 0.3) is 0 Å². The van der Waals surface area contributed by atoms with Gasteiger partial charge in [-0.15, -0.1) is 0 Å². The van der Waals surface area contributed by atoms with Crippen LogP contribution in [0.2, 0.25) is 0 Å². The minimum absolute atomic E-state index is 0.0365. The number of carboxylic acids is 1. The number of aliphatic carboxylic acids is 1. The molecule has 1 atom stereocenters. The number of carbonyl (C=O) groups is 1. The van der Waals surface area contributed by atoms with E-state index < -0.39 is 16.9 Å². The molecular formula is C13H18N4O4. The fourth-order valence-electron chi connectivity index (χ4n) is 2.71. The van der Waals surface area contributed by atoms with E-state index in [1.54, 1.807) is 0 Å². The van der Waals surface area contributed by atoms with Crippen LogP contribution in [0.4, 0.5) is 17.3 Å². The van der Waals surface area contributed by atoms with Gasteiger partial charge in [0.05, 0.1) is 4.92 Å². The van der Waals surface area contributed by atoms with Crippen molar-refractivity contribution in [3.63, 3.8) is 0 Å². The number of pyridine rings is 1. The molecule has 1 aromatic rings. The van der Waals surface area contributed by atoms with Crippen LogP contribution in [-0.2, 0) is 4.79 Å². The normalized spacial score (nSPS) is 17.1. The Kier molecular flexibility index (Phi) is 4.56. The molecule has 8 nitrogen and oxygen atoms in total. The lowest BCUT2D eigenvalue weighted by atomic mass is 9.84. The highest BCUT2D eigenvalue weighted by atomic mass is 16.6. The molecule has 0 aliphatic heterocycles. The molecule has 0 aromatic carbocycles. The minimum Gasteiger partial charge on any atom is -0.480 e. The molecule has 1 saturated carbocycles. The molecule has 0 saturated heterocycles. The number of hydrogen-bond donors (Lipinski definition) is 3. The van der Waals surface area contributed by atoms with E-state index in [1.165, 1.54) is 12.1 Å². The van der Waals surface area contributed by atoms with Gasteiger partial charge in [0.25, 0.3) is 0 Å². The Bertz CT molecular complexity index is 543. The Morgan fingerprint density at radius 2 is 2.10 bits per heavy atom. The summed E-state index contributed by atoms with van der Waals surface area (Å²) in [5.41, 5.74) is 5.23. The number of anilines is 2. The quantitative estimate of drug-likeness (QED) is 0.559. The highest BCUT2D eigenvalue weighted by molar-refractivity contribution is 5.77. The van der Waals surface area contributed by atoms with E-state index >= 15 is 0 Å². The van der Waals surface area contributed by atoms with Crippen LogP contribution in [0.3, 0.4) is 0 Å². The van der Waals surface area contributed by atoms with Gasteiger partial charge in [0, 0.05) is 6.07 Å². The predicted molar refractivity (Wildman–Crippen MR) is 76.9 cm³/mol. The zero-order valence-electron chi connectivity index (χ0n) is 11.5. The van der Waals surface area contributed by atoms with Gasteiger partial charge in [0.15, 0.2) is 0 Å². The SMILES string of the molecule is Nc1nc(NC(C(=O)O)C2CCCCC2)ccc1[N+](=O)[O-]. The van der Waals surface area contributed by atoms with Crippen LogP contribution < -0.4 is 11.1 Å². The molecule has 4 N–H and O–H groups in total. The van der Waals surface area contributed by atoms with E-state index in [9.17, 15) is 20.0 Å². The Hall–Kier alpha value is -2.38. The first-order chi connectivity index (χ1) is 9.99. The largest absolute Gasteiger partial charge is 0.480 e. The Morgan fingerprint density at radius 3 is 2.62 bits per heavy atom. The van der Waals surface area contributed by atoms with E-state index in [1.807, 2.05) is 0 Å². The average Bonchev–Trinajstić information content (AvgIpc) is 2.45. The van der Waals surface area contributed by atoms with Crippen LogP contribution in [0.5, 0.6) is 0 Å². The van der Waals surface area contributed by atoms with Crippen molar-refractivity contribution < 1.29 is 14.8 Å². The highest BCUT2D eigenvalue weighted by Crippen LogP contribution is 2.29. The fraction of sp³-hybridized carbons (Fsp3) is 0.538. The van der Waals surface area contributed by atoms with E-state index in [0.717, 1.165) is 32.1 Å². The third-order valence-electron chi connectivity index (χ3n) is 3.79. The maximum absolute atomic E-state index is 11.4. The van der Waals surface area contributed by atoms with Crippen molar-refractivity contribution in [3.8, 4) is 0 Å². The molecule has 8 heteroatoms. The van der Waals surface area contributed by atoms with Crippen LogP contribution in [0, 0.1) is 16.0 Å². The van der Waals surface area contributed by atoms with Gasteiger partial charge in [-0.25, -0.2) is 9.78 Å². The summed E-state index contributed by atoms with van der Waals surface area (Å²) < 4.78 is 0. The molecule has 0 radical (unpaired) electrons. The maximum Gasteiger partial charge on any atom is 0.326 e. The Balaban J connectivity index is 2.15. The van der Waals surface area contributed by atoms with Crippen molar-refractivity contribution in [2.24, 2.45) is 5.92 Å². The monoisotopic (exact) mass is 294 g/mol. The van der Waals surface area contributed by atoms with Gasteiger partial charge >= 0.3 is 11.7 Å². The number of nitrogens with zero attached hydrogens (tertiary/aromatic N) is 2. The second-order valence-corrected chi connectivity index (χ2v) is 5.22. The lowest BCUT2D eigenvalue weighted by molar-refractivity contribution is -0.384. The van der Waals surface area contributed by atoms with Crippen molar-refractivity contribution >= 4 is 23.3 Å². The van der Waals surface area contributed by atoms with Crippen molar-refractivity contribution in [2.45, 2.75) is 38.1 Å². The first kappa shape index (κ1) is 15.0. The zero-order valence-corrected chi connectivity index (χ0v) is 11.5. The summed E-state index contributed by atoms with van der Waals surface area (Å²) in [6.45, 7) is 0. The summed E-state index contributed by atoms with van der Waals surface area (Å²) >= 11 is 0. The zero-order chi connectivity index (χ0) is 15.4. The van der Waals surface area contributed by atoms with Gasteiger partial charge in [-0.2, -0.15) is 0 Å². The number of nitrogens with two attached hydrogens (primary N) is 1. The van der Waals surface area contributed by atoms with E-state index in [4.69, 9.17) is 5.73 Å². The van der Waals surface area contributed by atoms with Crippen LogP contribution >= 0.6 is 0 Å². The molecule has 21 heavy (non-hydrogen) atoms. The van der Waals surface area contributed by atoms with Gasteiger partial charge in [-0.3, -0.25) is 10.1 Å². The number of hydrogen-bond acceptors (Lipinski definition) is 6. The third kappa shape index (κ3) is 3.59. The Morgan fingerprint density at radius 1 is 1.43 bits per heavy atom. The average molecular weight is 294 g/mol. The summed E-state index contributed by atoms with van der Waals surface area (Å²) in [5.74, 6) is -0.885. The molecule has 1 aliphatic carbocycles. The van der Waals surface area contributed by atoms with Crippen molar-refractivity contribution in [3.05, 3.63) is 22.2 Å². The van der Waals surface area contributed by atoms with Crippen molar-refractivity contribution in [1.29, 1.82) is 0 Å². The molecular weight excluding hydrogens is 276 g/mol. The van der Waals surface area contributed by atoms with Crippen LogP contribution in [0.1, 0.15) is 32.1 Å². The van der Waals surface area contributed by atoms with Gasteiger partial charge < -0.3 is 16.2 Å². The van der Waals surface area contributed by atoms with Crippen molar-refractivity contribution in [2.75, 3.05) is 11.1 Å². The molecule has 1 aliphatic rings. The summed E-state index contributed by atoms with van der Waals surface area (Å²) in [6, 6.07) is 1.86. The molecule has 0 spiro atoms. The standard InChI is InChI=1S/C13H18N4O4/c14-12-9(17(20)21)6-7-10(16-12)15-11(13(18)19)8-4-2-1-3-5-8/h6-8,11H,1-5H2,(H,18,19)(H3,14,15,16). The van der Waals surface area contributed by atoms with Crippen LogP contribution in [-0.4, -0.2) is 27.0 Å². The third-order valence-corrected chi connectivity index (χ3v) is 3.79. The van der Waals surface area contributed by atoms with Gasteiger partial charge in [-0.05, 0) is 24.8 Å². The lowest BCUT2D eigenvalue weighted by Gasteiger charge is -2.28. The molecule has 0 amide bonds. The smallest absolute Gasteiger partial charge is 0.326 e. The lowest BCUT2D eigenvalue weighted by Crippen LogP contribution is -2.38. The summed E-state index contributed by atoms with van der Waals surface area (Å²) in [5, 5.41) is 22.9. The number of rotatable bonds is 5. The summed E-state index contributed by atoms with van der Waals surface area (Å²) in [7, 11) is 0. The second kappa shape index (κ2) is 6.38. The van der Waals surface area contributed by atoms with Crippen LogP contribution in [0.15, 0.2) is 12.1 Å². The van der Waals surface area contributed by atoms with E-state index in [-0.39, 0.29) is 23.2 Å².